The standard InChI is InChI=1S/C16H23N5O2.2ClH/c1-10(21-8-2-3-13(21)15(19)22)16(23)20-9-11-4-6-12(7-5-11)14(17)18;;/h4-7,10,13H,2-3,8-9H2,1H3,(H3,17,18)(H2,19,22)(H,20,23);2*1H/t10-,13?;;/m0../s1. The predicted molar refractivity (Wildman–Crippen MR) is 102 cm³/mol. The van der Waals surface area contributed by atoms with Crippen LogP contribution < -0.4 is 16.8 Å². The number of nitrogens with zero attached hydrogens (tertiary/aromatic N) is 1. The van der Waals surface area contributed by atoms with E-state index in [0.717, 1.165) is 12.0 Å². The highest BCUT2D eigenvalue weighted by molar-refractivity contribution is 5.94. The molecule has 2 amide bonds. The van der Waals surface area contributed by atoms with Crippen molar-refractivity contribution in [3.8, 4) is 0 Å². The van der Waals surface area contributed by atoms with Crippen molar-refractivity contribution in [1.82, 2.24) is 10.2 Å². The first-order chi connectivity index (χ1) is 10.9. The maximum atomic E-state index is 12.3. The normalized spacial score (nSPS) is 17.7. The first-order valence-electron chi connectivity index (χ1n) is 7.66. The largest absolute Gasteiger partial charge is 0.384 e. The van der Waals surface area contributed by atoms with Gasteiger partial charge in [-0.2, -0.15) is 0 Å². The SMILES string of the molecule is C[C@@H](C(=O)NCc1ccc(C(=N)N)cc1)N1CCCC1C(N)=O.Cl.Cl. The van der Waals surface area contributed by atoms with Crippen molar-refractivity contribution < 1.29 is 9.59 Å². The average molecular weight is 390 g/mol. The molecule has 1 saturated heterocycles. The number of hydrogen-bond donors (Lipinski definition) is 4. The molecule has 0 bridgehead atoms. The van der Waals surface area contributed by atoms with Crippen molar-refractivity contribution in [3.05, 3.63) is 35.4 Å². The van der Waals surface area contributed by atoms with Gasteiger partial charge >= 0.3 is 0 Å². The minimum absolute atomic E-state index is 0. The number of primary amides is 1. The lowest BCUT2D eigenvalue weighted by molar-refractivity contribution is -0.129. The fourth-order valence-electron chi connectivity index (χ4n) is 2.85. The Bertz CT molecular complexity index is 609. The highest BCUT2D eigenvalue weighted by Gasteiger charge is 2.34. The van der Waals surface area contributed by atoms with Crippen LogP contribution in [0.3, 0.4) is 0 Å². The molecule has 1 aromatic rings. The molecule has 140 valence electrons. The molecule has 0 radical (unpaired) electrons. The second-order valence-electron chi connectivity index (χ2n) is 5.80. The summed E-state index contributed by atoms with van der Waals surface area (Å²) in [5, 5.41) is 10.2. The Kier molecular flexibility index (Phi) is 9.48. The Labute approximate surface area is 159 Å². The van der Waals surface area contributed by atoms with Gasteiger partial charge in [-0.25, -0.2) is 0 Å². The monoisotopic (exact) mass is 389 g/mol. The van der Waals surface area contributed by atoms with Crippen molar-refractivity contribution in [2.45, 2.75) is 38.4 Å². The summed E-state index contributed by atoms with van der Waals surface area (Å²) in [4.78, 5) is 25.6. The molecule has 2 rings (SSSR count). The predicted octanol–water partition coefficient (Wildman–Crippen LogP) is 0.769. The van der Waals surface area contributed by atoms with Gasteiger partial charge in [0.1, 0.15) is 5.84 Å². The van der Waals surface area contributed by atoms with E-state index in [1.54, 1.807) is 19.1 Å². The van der Waals surface area contributed by atoms with E-state index in [2.05, 4.69) is 5.32 Å². The van der Waals surface area contributed by atoms with E-state index in [0.29, 0.717) is 25.1 Å². The van der Waals surface area contributed by atoms with Gasteiger partial charge in [-0.05, 0) is 31.9 Å². The van der Waals surface area contributed by atoms with Gasteiger partial charge in [-0.1, -0.05) is 24.3 Å². The van der Waals surface area contributed by atoms with Gasteiger partial charge in [0.2, 0.25) is 11.8 Å². The Morgan fingerprint density at radius 3 is 2.40 bits per heavy atom. The number of likely N-dealkylation sites (tertiary alicyclic amines) is 1. The molecule has 0 spiro atoms. The minimum atomic E-state index is -0.397. The number of nitrogens with one attached hydrogen (secondary N) is 2. The van der Waals surface area contributed by atoms with E-state index < -0.39 is 6.04 Å². The summed E-state index contributed by atoms with van der Waals surface area (Å²) in [6, 6.07) is 6.39. The van der Waals surface area contributed by atoms with Crippen molar-refractivity contribution in [3.63, 3.8) is 0 Å². The molecule has 1 unspecified atom stereocenters. The maximum Gasteiger partial charge on any atom is 0.237 e. The second-order valence-corrected chi connectivity index (χ2v) is 5.80. The number of amidine groups is 1. The zero-order chi connectivity index (χ0) is 17.0. The highest BCUT2D eigenvalue weighted by atomic mass is 35.5. The summed E-state index contributed by atoms with van der Waals surface area (Å²) in [7, 11) is 0. The van der Waals surface area contributed by atoms with Crippen molar-refractivity contribution in [2.75, 3.05) is 6.54 Å². The fourth-order valence-corrected chi connectivity index (χ4v) is 2.85. The van der Waals surface area contributed by atoms with Gasteiger partial charge < -0.3 is 16.8 Å². The van der Waals surface area contributed by atoms with Crippen LogP contribution in [0.15, 0.2) is 24.3 Å². The molecular weight excluding hydrogens is 365 g/mol. The molecule has 1 aliphatic rings. The zero-order valence-electron chi connectivity index (χ0n) is 14.0. The molecule has 9 heteroatoms. The van der Waals surface area contributed by atoms with E-state index in [-0.39, 0.29) is 48.5 Å². The molecule has 0 aliphatic carbocycles. The molecule has 2 atom stereocenters. The topological polar surface area (TPSA) is 125 Å². The van der Waals surface area contributed by atoms with Crippen molar-refractivity contribution in [1.29, 1.82) is 5.41 Å². The van der Waals surface area contributed by atoms with Crippen LogP contribution in [0.5, 0.6) is 0 Å². The molecule has 25 heavy (non-hydrogen) atoms. The van der Waals surface area contributed by atoms with Crippen LogP contribution in [-0.2, 0) is 16.1 Å². The molecule has 7 nitrogen and oxygen atoms in total. The van der Waals surface area contributed by atoms with Crippen LogP contribution in [0.25, 0.3) is 0 Å². The lowest BCUT2D eigenvalue weighted by atomic mass is 10.1. The first-order valence-corrected chi connectivity index (χ1v) is 7.66. The van der Waals surface area contributed by atoms with Gasteiger partial charge in [-0.15, -0.1) is 24.8 Å². The smallest absolute Gasteiger partial charge is 0.237 e. The highest BCUT2D eigenvalue weighted by Crippen LogP contribution is 2.19. The molecule has 6 N–H and O–H groups in total. The van der Waals surface area contributed by atoms with Crippen molar-refractivity contribution >= 4 is 42.5 Å². The Morgan fingerprint density at radius 1 is 1.28 bits per heavy atom. The van der Waals surface area contributed by atoms with Crippen LogP contribution in [-0.4, -0.2) is 41.2 Å². The molecule has 0 aromatic heterocycles. The van der Waals surface area contributed by atoms with Gasteiger partial charge in [-0.3, -0.25) is 19.9 Å². The second kappa shape index (κ2) is 10.2. The van der Waals surface area contributed by atoms with Gasteiger partial charge in [0, 0.05) is 12.1 Å². The number of carbonyl (C=O) groups is 2. The number of hydrogen-bond acceptors (Lipinski definition) is 4. The summed E-state index contributed by atoms with van der Waals surface area (Å²) >= 11 is 0. The Hall–Kier alpha value is -1.83. The summed E-state index contributed by atoms with van der Waals surface area (Å²) in [6.45, 7) is 2.88. The summed E-state index contributed by atoms with van der Waals surface area (Å²) in [6.07, 6.45) is 1.58. The Morgan fingerprint density at radius 2 is 1.88 bits per heavy atom. The Balaban J connectivity index is 0.00000288. The number of nitrogens with two attached hydrogens (primary N) is 2. The summed E-state index contributed by atoms with van der Waals surface area (Å²) in [5.74, 6) is -0.489. The fraction of sp³-hybridized carbons (Fsp3) is 0.438. The van der Waals surface area contributed by atoms with Gasteiger partial charge in [0.15, 0.2) is 0 Å². The van der Waals surface area contributed by atoms with Gasteiger partial charge in [0.25, 0.3) is 0 Å². The molecule has 0 saturated carbocycles. The lowest BCUT2D eigenvalue weighted by Gasteiger charge is -2.27. The molecule has 1 aromatic carbocycles. The van der Waals surface area contributed by atoms with E-state index in [9.17, 15) is 9.59 Å². The summed E-state index contributed by atoms with van der Waals surface area (Å²) in [5.41, 5.74) is 12.4. The zero-order valence-corrected chi connectivity index (χ0v) is 15.7. The first kappa shape index (κ1) is 23.2. The van der Waals surface area contributed by atoms with E-state index in [4.69, 9.17) is 16.9 Å². The number of nitrogen functional groups attached to an aromatic ring is 1. The number of amides is 2. The average Bonchev–Trinajstić information content (AvgIpc) is 3.02. The number of rotatable bonds is 6. The van der Waals surface area contributed by atoms with Gasteiger partial charge in [0.05, 0.1) is 12.1 Å². The maximum absolute atomic E-state index is 12.3. The lowest BCUT2D eigenvalue weighted by Crippen LogP contribution is -2.50. The third-order valence-electron chi connectivity index (χ3n) is 4.23. The van der Waals surface area contributed by atoms with Crippen molar-refractivity contribution in [2.24, 2.45) is 11.5 Å². The van der Waals surface area contributed by atoms with E-state index in [1.165, 1.54) is 0 Å². The number of carbonyl (C=O) groups excluding carboxylic acids is 2. The molecule has 1 fully saturated rings. The summed E-state index contributed by atoms with van der Waals surface area (Å²) < 4.78 is 0. The van der Waals surface area contributed by atoms with Crippen LogP contribution in [0.2, 0.25) is 0 Å². The van der Waals surface area contributed by atoms with E-state index >= 15 is 0 Å². The van der Waals surface area contributed by atoms with Crippen LogP contribution >= 0.6 is 24.8 Å². The van der Waals surface area contributed by atoms with E-state index in [1.807, 2.05) is 17.0 Å². The van der Waals surface area contributed by atoms with Crippen LogP contribution in [0, 0.1) is 5.41 Å². The quantitative estimate of drug-likeness (QED) is 0.423. The van der Waals surface area contributed by atoms with Crippen LogP contribution in [0.4, 0.5) is 0 Å². The number of benzene rings is 1. The third-order valence-corrected chi connectivity index (χ3v) is 4.23. The van der Waals surface area contributed by atoms with Crippen LogP contribution in [0.1, 0.15) is 30.9 Å². The molecule has 1 aliphatic heterocycles. The minimum Gasteiger partial charge on any atom is -0.384 e. The third kappa shape index (κ3) is 5.88. The number of halogens is 2. The molecule has 1 heterocycles. The molecular formula is C16H25Cl2N5O2.